The zero-order valence-corrected chi connectivity index (χ0v) is 11.9. The Morgan fingerprint density at radius 3 is 2.45 bits per heavy atom. The average molecular weight is 324 g/mol. The third-order valence-corrected chi connectivity index (χ3v) is 3.04. The Labute approximate surface area is 130 Å². The van der Waals surface area contributed by atoms with Crippen LogP contribution in [0.5, 0.6) is 0 Å². The molecule has 0 heterocycles. The Balaban J connectivity index is 1.95. The number of carbonyl (C=O) groups is 1. The molecule has 0 spiro atoms. The van der Waals surface area contributed by atoms with Crippen LogP contribution in [0.15, 0.2) is 42.5 Å². The quantitative estimate of drug-likeness (QED) is 0.652. The van der Waals surface area contributed by atoms with Crippen LogP contribution in [0.2, 0.25) is 5.02 Å². The zero-order chi connectivity index (χ0) is 16.1. The van der Waals surface area contributed by atoms with Crippen LogP contribution in [-0.2, 0) is 4.79 Å². The lowest BCUT2D eigenvalue weighted by atomic mass is 10.2. The molecule has 0 aliphatic rings. The highest BCUT2D eigenvalue weighted by molar-refractivity contribution is 6.32. The maximum atomic E-state index is 12.7. The predicted octanol–water partition coefficient (Wildman–Crippen LogP) is 3.44. The number of hydrogen-bond donors (Lipinski definition) is 2. The van der Waals surface area contributed by atoms with Crippen molar-refractivity contribution >= 4 is 34.6 Å². The van der Waals surface area contributed by atoms with Crippen LogP contribution in [-0.4, -0.2) is 17.4 Å². The minimum atomic E-state index is -0.605. The van der Waals surface area contributed by atoms with Gasteiger partial charge in [-0.3, -0.25) is 14.9 Å². The minimum Gasteiger partial charge on any atom is -0.376 e. The lowest BCUT2D eigenvalue weighted by molar-refractivity contribution is -0.384. The number of carbonyl (C=O) groups excluding carboxylic acids is 1. The molecular weight excluding hydrogens is 313 g/mol. The van der Waals surface area contributed by atoms with Crippen molar-refractivity contribution in [1.82, 2.24) is 0 Å². The van der Waals surface area contributed by atoms with E-state index in [1.54, 1.807) is 0 Å². The van der Waals surface area contributed by atoms with E-state index < -0.39 is 10.7 Å². The normalized spacial score (nSPS) is 10.1. The van der Waals surface area contributed by atoms with E-state index in [1.807, 2.05) is 0 Å². The number of nitro groups is 1. The van der Waals surface area contributed by atoms with Gasteiger partial charge in [-0.05, 0) is 36.4 Å². The van der Waals surface area contributed by atoms with Gasteiger partial charge >= 0.3 is 0 Å². The van der Waals surface area contributed by atoms with Gasteiger partial charge in [0.05, 0.1) is 11.5 Å². The van der Waals surface area contributed by atoms with Crippen LogP contribution in [0.1, 0.15) is 0 Å². The van der Waals surface area contributed by atoms with Crippen molar-refractivity contribution in [2.24, 2.45) is 0 Å². The number of nitrogens with zero attached hydrogens (tertiary/aromatic N) is 1. The van der Waals surface area contributed by atoms with Gasteiger partial charge in [0.15, 0.2) is 0 Å². The molecule has 0 bridgehead atoms. The Morgan fingerprint density at radius 1 is 1.18 bits per heavy atom. The monoisotopic (exact) mass is 323 g/mol. The number of halogens is 2. The highest BCUT2D eigenvalue weighted by atomic mass is 35.5. The van der Waals surface area contributed by atoms with E-state index in [4.69, 9.17) is 11.6 Å². The van der Waals surface area contributed by atoms with E-state index in [0.29, 0.717) is 11.4 Å². The molecule has 0 aliphatic heterocycles. The van der Waals surface area contributed by atoms with Crippen LogP contribution in [0.25, 0.3) is 0 Å². The van der Waals surface area contributed by atoms with Crippen molar-refractivity contribution < 1.29 is 14.1 Å². The molecule has 6 nitrogen and oxygen atoms in total. The molecule has 1 amide bonds. The summed E-state index contributed by atoms with van der Waals surface area (Å²) in [4.78, 5) is 21.9. The molecule has 0 saturated carbocycles. The molecule has 0 aliphatic carbocycles. The van der Waals surface area contributed by atoms with Gasteiger partial charge in [-0.15, -0.1) is 0 Å². The van der Waals surface area contributed by atoms with E-state index in [2.05, 4.69) is 10.6 Å². The molecule has 22 heavy (non-hydrogen) atoms. The predicted molar refractivity (Wildman–Crippen MR) is 81.6 cm³/mol. The molecule has 0 atom stereocenters. The van der Waals surface area contributed by atoms with Gasteiger partial charge in [-0.25, -0.2) is 4.39 Å². The van der Waals surface area contributed by atoms with Crippen LogP contribution in [0.3, 0.4) is 0 Å². The summed E-state index contributed by atoms with van der Waals surface area (Å²) in [6.07, 6.45) is 0. The number of amides is 1. The van der Waals surface area contributed by atoms with E-state index >= 15 is 0 Å². The summed E-state index contributed by atoms with van der Waals surface area (Å²) in [5.74, 6) is -0.770. The first kappa shape index (κ1) is 15.7. The number of anilines is 2. The molecule has 2 aromatic carbocycles. The molecule has 0 unspecified atom stereocenters. The van der Waals surface area contributed by atoms with Gasteiger partial charge in [0.2, 0.25) is 5.91 Å². The van der Waals surface area contributed by atoms with Crippen LogP contribution in [0.4, 0.5) is 21.5 Å². The van der Waals surface area contributed by atoms with Crippen molar-refractivity contribution in [1.29, 1.82) is 0 Å². The summed E-state index contributed by atoms with van der Waals surface area (Å²) in [7, 11) is 0. The Kier molecular flexibility index (Phi) is 4.90. The Bertz CT molecular complexity index is 707. The largest absolute Gasteiger partial charge is 0.376 e. The molecule has 8 heteroatoms. The average Bonchev–Trinajstić information content (AvgIpc) is 2.48. The number of hydrogen-bond acceptors (Lipinski definition) is 4. The second-order valence-electron chi connectivity index (χ2n) is 4.33. The standard InChI is InChI=1S/C14H11ClFN3O3/c15-12-6-5-11(7-13(12)19(21)22)17-8-14(20)18-10-3-1-9(16)2-4-10/h1-7,17H,8H2,(H,18,20). The van der Waals surface area contributed by atoms with E-state index in [-0.39, 0.29) is 23.2 Å². The summed E-state index contributed by atoms with van der Waals surface area (Å²) in [5, 5.41) is 16.1. The SMILES string of the molecule is O=C(CNc1ccc(Cl)c([N+](=O)[O-])c1)Nc1ccc(F)cc1. The van der Waals surface area contributed by atoms with Crippen molar-refractivity contribution in [2.45, 2.75) is 0 Å². The summed E-state index contributed by atoms with van der Waals surface area (Å²) in [6, 6.07) is 9.46. The highest BCUT2D eigenvalue weighted by Gasteiger charge is 2.13. The zero-order valence-electron chi connectivity index (χ0n) is 11.2. The van der Waals surface area contributed by atoms with E-state index in [1.165, 1.54) is 42.5 Å². The summed E-state index contributed by atoms with van der Waals surface area (Å²) in [6.45, 7) is -0.101. The summed E-state index contributed by atoms with van der Waals surface area (Å²) in [5.41, 5.74) is 0.603. The second kappa shape index (κ2) is 6.86. The fourth-order valence-corrected chi connectivity index (χ4v) is 1.87. The van der Waals surface area contributed by atoms with Gasteiger partial charge in [0.25, 0.3) is 5.69 Å². The van der Waals surface area contributed by atoms with Crippen LogP contribution < -0.4 is 10.6 Å². The maximum absolute atomic E-state index is 12.7. The second-order valence-corrected chi connectivity index (χ2v) is 4.74. The first-order valence-electron chi connectivity index (χ1n) is 6.19. The van der Waals surface area contributed by atoms with Gasteiger partial charge in [-0.2, -0.15) is 0 Å². The molecule has 0 fully saturated rings. The van der Waals surface area contributed by atoms with Gasteiger partial charge < -0.3 is 10.6 Å². The number of nitro benzene ring substituents is 1. The van der Waals surface area contributed by atoms with Crippen LogP contribution >= 0.6 is 11.6 Å². The fraction of sp³-hybridized carbons (Fsp3) is 0.0714. The number of nitrogens with one attached hydrogen (secondary N) is 2. The third kappa shape index (κ3) is 4.16. The van der Waals surface area contributed by atoms with Gasteiger partial charge in [0.1, 0.15) is 10.8 Å². The van der Waals surface area contributed by atoms with Crippen LogP contribution in [0, 0.1) is 15.9 Å². The topological polar surface area (TPSA) is 84.3 Å². The lowest BCUT2D eigenvalue weighted by Gasteiger charge is -2.08. The first-order valence-corrected chi connectivity index (χ1v) is 6.57. The highest BCUT2D eigenvalue weighted by Crippen LogP contribution is 2.27. The Hall–Kier alpha value is -2.67. The fourth-order valence-electron chi connectivity index (χ4n) is 1.68. The first-order chi connectivity index (χ1) is 10.5. The van der Waals surface area contributed by atoms with E-state index in [9.17, 15) is 19.3 Å². The molecule has 2 aromatic rings. The summed E-state index contributed by atoms with van der Waals surface area (Å²) >= 11 is 5.69. The van der Waals surface area contributed by atoms with Crippen molar-refractivity contribution in [3.63, 3.8) is 0 Å². The maximum Gasteiger partial charge on any atom is 0.289 e. The number of rotatable bonds is 5. The third-order valence-electron chi connectivity index (χ3n) is 2.72. The summed E-state index contributed by atoms with van der Waals surface area (Å²) < 4.78 is 12.7. The van der Waals surface area contributed by atoms with Crippen molar-refractivity contribution in [3.8, 4) is 0 Å². The molecular formula is C14H11ClFN3O3. The molecule has 0 aromatic heterocycles. The van der Waals surface area contributed by atoms with Crippen molar-refractivity contribution in [3.05, 3.63) is 63.4 Å². The van der Waals surface area contributed by atoms with Crippen molar-refractivity contribution in [2.75, 3.05) is 17.2 Å². The molecule has 2 N–H and O–H groups in total. The molecule has 0 radical (unpaired) electrons. The molecule has 2 rings (SSSR count). The van der Waals surface area contributed by atoms with Gasteiger partial charge in [-0.1, -0.05) is 11.6 Å². The molecule has 114 valence electrons. The molecule has 0 saturated heterocycles. The number of benzene rings is 2. The Morgan fingerprint density at radius 2 is 1.82 bits per heavy atom. The van der Waals surface area contributed by atoms with E-state index in [0.717, 1.165) is 0 Å². The van der Waals surface area contributed by atoms with Gasteiger partial charge in [0, 0.05) is 17.4 Å². The lowest BCUT2D eigenvalue weighted by Crippen LogP contribution is -2.21. The smallest absolute Gasteiger partial charge is 0.289 e. The minimum absolute atomic E-state index is 0.0197.